The van der Waals surface area contributed by atoms with Crippen LogP contribution in [0.3, 0.4) is 0 Å². The molecule has 0 spiro atoms. The van der Waals surface area contributed by atoms with Gasteiger partial charge in [0.05, 0.1) is 0 Å². The molecule has 0 radical (unpaired) electrons. The van der Waals surface area contributed by atoms with Gasteiger partial charge in [-0.15, -0.1) is 0 Å². The lowest BCUT2D eigenvalue weighted by atomic mass is 10.1. The van der Waals surface area contributed by atoms with Crippen molar-refractivity contribution in [3.63, 3.8) is 0 Å². The van der Waals surface area contributed by atoms with Crippen molar-refractivity contribution in [2.24, 2.45) is 10.9 Å². The third-order valence-corrected chi connectivity index (χ3v) is 2.67. The fourth-order valence-electron chi connectivity index (χ4n) is 1.79. The van der Waals surface area contributed by atoms with Crippen LogP contribution in [0.4, 0.5) is 4.39 Å². The van der Waals surface area contributed by atoms with Crippen LogP contribution in [0.5, 0.6) is 0 Å². The van der Waals surface area contributed by atoms with Crippen molar-refractivity contribution < 1.29 is 14.4 Å². The molecule has 21 heavy (non-hydrogen) atoms. The Morgan fingerprint density at radius 2 is 2.14 bits per heavy atom. The van der Waals surface area contributed by atoms with E-state index in [-0.39, 0.29) is 17.8 Å². The highest BCUT2D eigenvalue weighted by atomic mass is 19.1. The lowest BCUT2D eigenvalue weighted by molar-refractivity contribution is -0.121. The maximum atomic E-state index is 13.4. The van der Waals surface area contributed by atoms with Gasteiger partial charge in [-0.2, -0.15) is 0 Å². The first kappa shape index (κ1) is 16.9. The maximum Gasteiger partial charge on any atom is 0.221 e. The third-order valence-electron chi connectivity index (χ3n) is 2.67. The minimum atomic E-state index is -0.464. The van der Waals surface area contributed by atoms with Crippen molar-refractivity contribution >= 4 is 11.7 Å². The van der Waals surface area contributed by atoms with E-state index in [4.69, 9.17) is 10.9 Å². The predicted octanol–water partition coefficient (Wildman–Crippen LogP) is 0.924. The fraction of sp³-hybridized carbons (Fsp3) is 0.429. The summed E-state index contributed by atoms with van der Waals surface area (Å²) >= 11 is 0. The fourth-order valence-corrected chi connectivity index (χ4v) is 1.79. The molecule has 0 saturated carbocycles. The maximum absolute atomic E-state index is 13.4. The summed E-state index contributed by atoms with van der Waals surface area (Å²) in [5, 5.41) is 17.3. The topological polar surface area (TPSA) is 99.7 Å². The summed E-state index contributed by atoms with van der Waals surface area (Å²) in [6.45, 7) is 4.66. The summed E-state index contributed by atoms with van der Waals surface area (Å²) < 4.78 is 13.4. The van der Waals surface area contributed by atoms with E-state index in [2.05, 4.69) is 15.8 Å². The van der Waals surface area contributed by atoms with Gasteiger partial charge in [-0.3, -0.25) is 4.79 Å². The molecular weight excluding hydrogens is 275 g/mol. The van der Waals surface area contributed by atoms with Crippen LogP contribution >= 0.6 is 0 Å². The Kier molecular flexibility index (Phi) is 6.61. The van der Waals surface area contributed by atoms with E-state index in [1.165, 1.54) is 12.1 Å². The van der Waals surface area contributed by atoms with Crippen molar-refractivity contribution in [1.29, 1.82) is 0 Å². The van der Waals surface area contributed by atoms with E-state index in [9.17, 15) is 9.18 Å². The van der Waals surface area contributed by atoms with Crippen LogP contribution in [0, 0.1) is 5.82 Å². The predicted molar refractivity (Wildman–Crippen MR) is 78.5 cm³/mol. The Balaban J connectivity index is 2.49. The molecule has 6 nitrogen and oxygen atoms in total. The van der Waals surface area contributed by atoms with Gasteiger partial charge in [-0.05, 0) is 37.6 Å². The number of hydrogen-bond donors (Lipinski definition) is 4. The van der Waals surface area contributed by atoms with Gasteiger partial charge in [0.25, 0.3) is 0 Å². The highest BCUT2D eigenvalue weighted by Gasteiger charge is 2.06. The van der Waals surface area contributed by atoms with Crippen LogP contribution < -0.4 is 16.4 Å². The number of halogens is 1. The van der Waals surface area contributed by atoms with Crippen LogP contribution in [0.2, 0.25) is 0 Å². The summed E-state index contributed by atoms with van der Waals surface area (Å²) in [7, 11) is 0. The Labute approximate surface area is 123 Å². The molecule has 1 aromatic rings. The lowest BCUT2D eigenvalue weighted by Gasteiger charge is -2.09. The molecule has 5 N–H and O–H groups in total. The van der Waals surface area contributed by atoms with Gasteiger partial charge >= 0.3 is 0 Å². The van der Waals surface area contributed by atoms with Crippen molar-refractivity contribution in [3.05, 3.63) is 35.1 Å². The zero-order valence-electron chi connectivity index (χ0n) is 12.2. The molecule has 116 valence electrons. The minimum Gasteiger partial charge on any atom is -0.409 e. The average Bonchev–Trinajstić information content (AvgIpc) is 2.41. The lowest BCUT2D eigenvalue weighted by Crippen LogP contribution is -2.32. The number of nitrogens with two attached hydrogens (primary N) is 1. The first-order valence-electron chi connectivity index (χ1n) is 6.70. The van der Waals surface area contributed by atoms with Gasteiger partial charge in [0.1, 0.15) is 5.82 Å². The van der Waals surface area contributed by atoms with Crippen molar-refractivity contribution in [3.8, 4) is 0 Å². The summed E-state index contributed by atoms with van der Waals surface area (Å²) in [6.07, 6.45) is 0.348. The smallest absolute Gasteiger partial charge is 0.221 e. The van der Waals surface area contributed by atoms with E-state index in [0.717, 1.165) is 0 Å². The van der Waals surface area contributed by atoms with E-state index in [1.807, 2.05) is 13.8 Å². The summed E-state index contributed by atoms with van der Waals surface area (Å²) in [6, 6.07) is 4.28. The number of benzene rings is 1. The standard InChI is InChI=1S/C14H21FN4O2/c1-9(2)18-13(20)3-4-17-8-10-5-11(14(16)19-21)7-12(15)6-10/h5-7,9,17,21H,3-4,8H2,1-2H3,(H2,16,19)(H,18,20). The van der Waals surface area contributed by atoms with Crippen LogP contribution in [-0.2, 0) is 11.3 Å². The monoisotopic (exact) mass is 296 g/mol. The number of carbonyl (C=O) groups excluding carboxylic acids is 1. The molecule has 0 aromatic heterocycles. The number of rotatable bonds is 7. The normalized spacial score (nSPS) is 11.7. The molecule has 0 atom stereocenters. The molecule has 0 saturated heterocycles. The van der Waals surface area contributed by atoms with E-state index < -0.39 is 5.82 Å². The van der Waals surface area contributed by atoms with Crippen molar-refractivity contribution in [2.45, 2.75) is 32.9 Å². The van der Waals surface area contributed by atoms with Gasteiger partial charge < -0.3 is 21.6 Å². The van der Waals surface area contributed by atoms with Crippen LogP contribution in [0.15, 0.2) is 23.4 Å². The van der Waals surface area contributed by atoms with Crippen LogP contribution in [0.1, 0.15) is 31.4 Å². The molecule has 7 heteroatoms. The van der Waals surface area contributed by atoms with E-state index in [1.54, 1.807) is 6.07 Å². The highest BCUT2D eigenvalue weighted by Crippen LogP contribution is 2.09. The summed E-state index contributed by atoms with van der Waals surface area (Å²) in [5.74, 6) is -0.644. The van der Waals surface area contributed by atoms with Gasteiger partial charge in [0, 0.05) is 31.1 Å². The number of nitrogens with one attached hydrogen (secondary N) is 2. The zero-order valence-corrected chi connectivity index (χ0v) is 12.2. The number of nitrogens with zero attached hydrogens (tertiary/aromatic N) is 1. The molecule has 1 amide bonds. The molecule has 0 aliphatic heterocycles. The Morgan fingerprint density at radius 3 is 2.76 bits per heavy atom. The zero-order chi connectivity index (χ0) is 15.8. The number of amidine groups is 1. The van der Waals surface area contributed by atoms with E-state index in [0.29, 0.717) is 30.6 Å². The minimum absolute atomic E-state index is 0.0333. The Bertz CT molecular complexity index is 518. The molecule has 1 aromatic carbocycles. The van der Waals surface area contributed by atoms with Gasteiger partial charge in [-0.1, -0.05) is 5.16 Å². The number of amides is 1. The second-order valence-electron chi connectivity index (χ2n) is 4.98. The van der Waals surface area contributed by atoms with Crippen molar-refractivity contribution in [2.75, 3.05) is 6.54 Å². The first-order valence-corrected chi connectivity index (χ1v) is 6.70. The molecule has 0 heterocycles. The molecule has 0 unspecified atom stereocenters. The number of oxime groups is 1. The second-order valence-corrected chi connectivity index (χ2v) is 4.98. The number of carbonyl (C=O) groups is 1. The van der Waals surface area contributed by atoms with Crippen LogP contribution in [0.25, 0.3) is 0 Å². The van der Waals surface area contributed by atoms with Crippen LogP contribution in [-0.4, -0.2) is 29.5 Å². The largest absolute Gasteiger partial charge is 0.409 e. The van der Waals surface area contributed by atoms with Gasteiger partial charge in [0.15, 0.2) is 5.84 Å². The Morgan fingerprint density at radius 1 is 1.43 bits per heavy atom. The molecule has 1 rings (SSSR count). The summed E-state index contributed by atoms with van der Waals surface area (Å²) in [4.78, 5) is 11.4. The van der Waals surface area contributed by atoms with Crippen molar-refractivity contribution in [1.82, 2.24) is 10.6 Å². The Hall–Kier alpha value is -2.15. The molecule has 0 aliphatic carbocycles. The number of hydrogen-bond acceptors (Lipinski definition) is 4. The SMILES string of the molecule is CC(C)NC(=O)CCNCc1cc(F)cc(/C(N)=N/O)c1. The van der Waals surface area contributed by atoms with Gasteiger partial charge in [-0.25, -0.2) is 4.39 Å². The molecule has 0 aliphatic rings. The van der Waals surface area contributed by atoms with E-state index >= 15 is 0 Å². The second kappa shape index (κ2) is 8.21. The quantitative estimate of drug-likeness (QED) is 0.198. The third kappa shape index (κ3) is 6.22. The molecular formula is C14H21FN4O2. The molecule has 0 fully saturated rings. The average molecular weight is 296 g/mol. The summed E-state index contributed by atoms with van der Waals surface area (Å²) in [5.41, 5.74) is 6.40. The molecule has 0 bridgehead atoms. The highest BCUT2D eigenvalue weighted by molar-refractivity contribution is 5.97. The van der Waals surface area contributed by atoms with Gasteiger partial charge in [0.2, 0.25) is 5.91 Å². The first-order chi connectivity index (χ1) is 9.92.